The number of alkyl halides is 3. The molecule has 2 saturated heterocycles. The highest BCUT2D eigenvalue weighted by Gasteiger charge is 2.52. The summed E-state index contributed by atoms with van der Waals surface area (Å²) in [6.07, 6.45) is 1.67. The number of thioether (sulfide) groups is 1. The second-order valence-electron chi connectivity index (χ2n) is 9.18. The maximum absolute atomic E-state index is 14.0. The molecule has 2 aliphatic heterocycles. The summed E-state index contributed by atoms with van der Waals surface area (Å²) in [5, 5.41) is 0.530. The lowest BCUT2D eigenvalue weighted by Gasteiger charge is -2.35. The van der Waals surface area contributed by atoms with Crippen LogP contribution in [0.2, 0.25) is 0 Å². The van der Waals surface area contributed by atoms with Crippen molar-refractivity contribution in [1.82, 2.24) is 10.5 Å². The summed E-state index contributed by atoms with van der Waals surface area (Å²) in [5.41, 5.74) is -0.902. The lowest BCUT2D eigenvalue weighted by Crippen LogP contribution is -2.56. The van der Waals surface area contributed by atoms with Crippen LogP contribution in [-0.2, 0) is 28.9 Å². The number of nitrogens with one attached hydrogen (secondary N) is 1. The second-order valence-corrected chi connectivity index (χ2v) is 13.6. The number of amides is 1. The van der Waals surface area contributed by atoms with Crippen molar-refractivity contribution in [2.75, 3.05) is 19.8 Å². The van der Waals surface area contributed by atoms with Gasteiger partial charge in [0, 0.05) is 36.7 Å². The Kier molecular flexibility index (Phi) is 8.23. The molecule has 1 aromatic heterocycles. The van der Waals surface area contributed by atoms with Gasteiger partial charge in [-0.15, -0.1) is 11.3 Å². The minimum absolute atomic E-state index is 0.0342. The molecular weight excluding hydrogens is 577 g/mol. The van der Waals surface area contributed by atoms with E-state index < -0.39 is 32.3 Å². The van der Waals surface area contributed by atoms with E-state index in [4.69, 9.17) is 14.3 Å². The number of hydrogen-bond acceptors (Lipinski definition) is 9. The predicted molar refractivity (Wildman–Crippen MR) is 140 cm³/mol. The van der Waals surface area contributed by atoms with Crippen molar-refractivity contribution in [3.63, 3.8) is 0 Å². The minimum atomic E-state index is -4.38. The number of nitrogens with zero attached hydrogens (tertiary/aromatic N) is 1. The Bertz CT molecular complexity index is 1430. The van der Waals surface area contributed by atoms with E-state index in [1.165, 1.54) is 35.6 Å². The van der Waals surface area contributed by atoms with Crippen molar-refractivity contribution in [3.8, 4) is 10.6 Å². The molecule has 0 radical (unpaired) electrons. The topological polar surface area (TPSA) is 104 Å². The Morgan fingerprint density at radius 2 is 1.85 bits per heavy atom. The number of ether oxygens (including phenoxy) is 2. The molecule has 1 N–H and O–H groups in total. The van der Waals surface area contributed by atoms with E-state index in [0.29, 0.717) is 33.8 Å². The molecule has 0 bridgehead atoms. The molecule has 210 valence electrons. The van der Waals surface area contributed by atoms with Gasteiger partial charge in [0.2, 0.25) is 0 Å². The number of rotatable bonds is 7. The Morgan fingerprint density at radius 1 is 1.10 bits per heavy atom. The molecule has 1 amide bonds. The molecule has 2 fully saturated rings. The zero-order chi connectivity index (χ0) is 27.7. The van der Waals surface area contributed by atoms with Crippen LogP contribution in [0.15, 0.2) is 52.3 Å². The largest absolute Gasteiger partial charge is 0.446 e. The number of hydroxylamine groups is 1. The first-order chi connectivity index (χ1) is 18.6. The first-order valence-electron chi connectivity index (χ1n) is 12.2. The summed E-state index contributed by atoms with van der Waals surface area (Å²) < 4.78 is 75.5. The molecule has 1 atom stereocenters. The van der Waals surface area contributed by atoms with E-state index in [-0.39, 0.29) is 47.6 Å². The van der Waals surface area contributed by atoms with Crippen LogP contribution >= 0.6 is 23.1 Å². The number of benzene rings is 2. The van der Waals surface area contributed by atoms with E-state index >= 15 is 0 Å². The third-order valence-corrected chi connectivity index (χ3v) is 11.0. The molecule has 14 heteroatoms. The van der Waals surface area contributed by atoms with Gasteiger partial charge in [-0.05, 0) is 67.8 Å². The zero-order valence-corrected chi connectivity index (χ0v) is 23.0. The highest BCUT2D eigenvalue weighted by molar-refractivity contribution is 8.00. The minimum Gasteiger partial charge on any atom is -0.381 e. The standard InChI is InChI=1S/C25H25F3N2O6S3/c26-25(27,28)38-17-6-4-16(5-7-17)22-29-19-9-8-18(15-20(19)37-22)39(32,33)24(10-13-34-14-11-24)23(31)30-36-21-3-1-2-12-35-21/h4-9,15,21H,1-3,10-14H2,(H,30,31). The van der Waals surface area contributed by atoms with Crippen LogP contribution in [0.25, 0.3) is 20.8 Å². The van der Waals surface area contributed by atoms with Gasteiger partial charge in [-0.25, -0.2) is 23.7 Å². The Balaban J connectivity index is 1.40. The predicted octanol–water partition coefficient (Wildman–Crippen LogP) is 5.47. The van der Waals surface area contributed by atoms with E-state index in [1.807, 2.05) is 0 Å². The molecule has 0 saturated carbocycles. The number of thiazole rings is 1. The van der Waals surface area contributed by atoms with Gasteiger partial charge in [-0.3, -0.25) is 4.79 Å². The number of hydrogen-bond donors (Lipinski definition) is 1. The highest BCUT2D eigenvalue weighted by Crippen LogP contribution is 2.40. The fraction of sp³-hybridized carbons (Fsp3) is 0.440. The number of carbonyl (C=O) groups is 1. The van der Waals surface area contributed by atoms with Gasteiger partial charge < -0.3 is 9.47 Å². The molecular formula is C25H25F3N2O6S3. The Morgan fingerprint density at radius 3 is 2.51 bits per heavy atom. The number of sulfone groups is 1. The van der Waals surface area contributed by atoms with Gasteiger partial charge >= 0.3 is 5.51 Å². The number of halogens is 3. The van der Waals surface area contributed by atoms with Gasteiger partial charge in [0.1, 0.15) is 5.01 Å². The second kappa shape index (κ2) is 11.3. The van der Waals surface area contributed by atoms with Crippen LogP contribution in [0.5, 0.6) is 0 Å². The summed E-state index contributed by atoms with van der Waals surface area (Å²) in [4.78, 5) is 23.3. The van der Waals surface area contributed by atoms with Crippen molar-refractivity contribution in [2.24, 2.45) is 0 Å². The number of carbonyl (C=O) groups excluding carboxylic acids is 1. The molecule has 39 heavy (non-hydrogen) atoms. The lowest BCUT2D eigenvalue weighted by molar-refractivity contribution is -0.202. The van der Waals surface area contributed by atoms with E-state index in [1.54, 1.807) is 18.2 Å². The van der Waals surface area contributed by atoms with Crippen LogP contribution in [0.3, 0.4) is 0 Å². The molecule has 3 heterocycles. The molecule has 1 unspecified atom stereocenters. The molecule has 3 aromatic rings. The van der Waals surface area contributed by atoms with Gasteiger partial charge in [0.15, 0.2) is 20.9 Å². The molecule has 2 aromatic carbocycles. The summed E-state index contributed by atoms with van der Waals surface area (Å²) in [6.45, 7) is 0.704. The number of fused-ring (bicyclic) bond motifs is 1. The fourth-order valence-corrected chi connectivity index (χ4v) is 8.14. The Labute approximate surface area is 231 Å². The first-order valence-corrected chi connectivity index (χ1v) is 15.4. The average Bonchev–Trinajstić information content (AvgIpc) is 3.36. The zero-order valence-electron chi connectivity index (χ0n) is 20.5. The van der Waals surface area contributed by atoms with Crippen molar-refractivity contribution in [1.29, 1.82) is 0 Å². The van der Waals surface area contributed by atoms with Crippen LogP contribution in [0.1, 0.15) is 32.1 Å². The quantitative estimate of drug-likeness (QED) is 0.281. The normalized spacial score (nSPS) is 20.1. The van der Waals surface area contributed by atoms with Crippen molar-refractivity contribution >= 4 is 49.1 Å². The molecule has 8 nitrogen and oxygen atoms in total. The maximum Gasteiger partial charge on any atom is 0.446 e. The summed E-state index contributed by atoms with van der Waals surface area (Å²) in [5.74, 6) is -0.762. The van der Waals surface area contributed by atoms with Gasteiger partial charge in [-0.2, -0.15) is 13.2 Å². The maximum atomic E-state index is 14.0. The van der Waals surface area contributed by atoms with E-state index in [9.17, 15) is 26.4 Å². The van der Waals surface area contributed by atoms with Crippen LogP contribution in [0.4, 0.5) is 13.2 Å². The molecule has 5 rings (SSSR count). The Hall–Kier alpha value is -2.23. The van der Waals surface area contributed by atoms with E-state index in [2.05, 4.69) is 10.5 Å². The van der Waals surface area contributed by atoms with Crippen LogP contribution < -0.4 is 5.48 Å². The summed E-state index contributed by atoms with van der Waals surface area (Å²) in [7, 11) is -4.19. The molecule has 0 spiro atoms. The van der Waals surface area contributed by atoms with Crippen molar-refractivity contribution < 1.29 is 40.7 Å². The van der Waals surface area contributed by atoms with Crippen molar-refractivity contribution in [3.05, 3.63) is 42.5 Å². The average molecular weight is 603 g/mol. The van der Waals surface area contributed by atoms with Crippen molar-refractivity contribution in [2.45, 2.75) is 58.4 Å². The van der Waals surface area contributed by atoms with Crippen LogP contribution in [0, 0.1) is 0 Å². The fourth-order valence-electron chi connectivity index (χ4n) is 4.56. The molecule has 0 aliphatic carbocycles. The highest BCUT2D eigenvalue weighted by atomic mass is 32.2. The van der Waals surface area contributed by atoms with Gasteiger partial charge in [0.05, 0.1) is 15.1 Å². The van der Waals surface area contributed by atoms with E-state index in [0.717, 1.165) is 12.8 Å². The van der Waals surface area contributed by atoms with Gasteiger partial charge in [-0.1, -0.05) is 12.1 Å². The monoisotopic (exact) mass is 602 g/mol. The smallest absolute Gasteiger partial charge is 0.381 e. The molecule has 2 aliphatic rings. The first kappa shape index (κ1) is 28.3. The summed E-state index contributed by atoms with van der Waals surface area (Å²) >= 11 is 1.01. The summed E-state index contributed by atoms with van der Waals surface area (Å²) in [6, 6.07) is 10.3. The lowest BCUT2D eigenvalue weighted by atomic mass is 9.98. The van der Waals surface area contributed by atoms with Crippen LogP contribution in [-0.4, -0.2) is 55.7 Å². The number of aromatic nitrogens is 1. The van der Waals surface area contributed by atoms with Gasteiger partial charge in [0.25, 0.3) is 5.91 Å². The third-order valence-electron chi connectivity index (χ3n) is 6.65. The SMILES string of the molecule is O=C(NOC1CCCCO1)C1(S(=O)(=O)c2ccc3nc(-c4ccc(SC(F)(F)F)cc4)sc3c2)CCOCC1. The third kappa shape index (κ3) is 6.10.